The molecule has 1 N–H and O–H groups in total. The van der Waals surface area contributed by atoms with Crippen LogP contribution in [0.5, 0.6) is 0 Å². The molecule has 0 saturated carbocycles. The molecule has 7 heteroatoms. The van der Waals surface area contributed by atoms with Gasteiger partial charge in [-0.15, -0.1) is 0 Å². The molecule has 0 radical (unpaired) electrons. The second-order valence-corrected chi connectivity index (χ2v) is 5.20. The minimum atomic E-state index is -0.101. The van der Waals surface area contributed by atoms with Gasteiger partial charge in [0.1, 0.15) is 0 Å². The van der Waals surface area contributed by atoms with Crippen LogP contribution in [0.15, 0.2) is 4.52 Å². The summed E-state index contributed by atoms with van der Waals surface area (Å²) in [5.41, 5.74) is 0. The van der Waals surface area contributed by atoms with Crippen molar-refractivity contribution in [1.82, 2.24) is 20.4 Å². The fourth-order valence-electron chi connectivity index (χ4n) is 2.31. The van der Waals surface area contributed by atoms with Crippen LogP contribution < -0.4 is 5.32 Å². The Morgan fingerprint density at radius 1 is 1.52 bits per heavy atom. The fourth-order valence-corrected chi connectivity index (χ4v) is 2.31. The lowest BCUT2D eigenvalue weighted by Gasteiger charge is -2.32. The van der Waals surface area contributed by atoms with Gasteiger partial charge in [-0.1, -0.05) is 19.0 Å². The lowest BCUT2D eigenvalue weighted by Crippen LogP contribution is -2.47. The van der Waals surface area contributed by atoms with Gasteiger partial charge in [-0.25, -0.2) is 4.79 Å². The number of amides is 2. The molecule has 1 aromatic heterocycles. The molecule has 2 heterocycles. The zero-order chi connectivity index (χ0) is 15.1. The third-order valence-corrected chi connectivity index (χ3v) is 3.44. The minimum absolute atomic E-state index is 0.101. The zero-order valence-electron chi connectivity index (χ0n) is 12.8. The van der Waals surface area contributed by atoms with Crippen molar-refractivity contribution in [2.75, 3.05) is 19.7 Å². The van der Waals surface area contributed by atoms with Crippen molar-refractivity contribution in [3.05, 3.63) is 11.7 Å². The first-order valence-electron chi connectivity index (χ1n) is 7.68. The van der Waals surface area contributed by atoms with E-state index in [2.05, 4.69) is 22.4 Å². The summed E-state index contributed by atoms with van der Waals surface area (Å²) in [6.07, 6.45) is 3.87. The van der Waals surface area contributed by atoms with Crippen molar-refractivity contribution >= 4 is 6.03 Å². The molecule has 0 spiro atoms. The van der Waals surface area contributed by atoms with Gasteiger partial charge in [-0.2, -0.15) is 4.98 Å². The quantitative estimate of drug-likeness (QED) is 0.864. The second kappa shape index (κ2) is 7.97. The molecule has 2 rings (SSSR count). The Bertz CT molecular complexity index is 449. The maximum absolute atomic E-state index is 12.1. The number of rotatable bonds is 6. The molecule has 1 saturated heterocycles. The van der Waals surface area contributed by atoms with Crippen molar-refractivity contribution in [2.45, 2.75) is 52.2 Å². The van der Waals surface area contributed by atoms with Gasteiger partial charge >= 0.3 is 6.03 Å². The third kappa shape index (κ3) is 4.70. The van der Waals surface area contributed by atoms with Gasteiger partial charge in [0.15, 0.2) is 5.82 Å². The molecule has 1 aromatic rings. The lowest BCUT2D eigenvalue weighted by atomic mass is 10.1. The number of aryl methyl sites for hydroxylation is 1. The molecular formula is C14H24N4O3. The summed E-state index contributed by atoms with van der Waals surface area (Å²) >= 11 is 0. The van der Waals surface area contributed by atoms with Crippen molar-refractivity contribution in [3.63, 3.8) is 0 Å². The average Bonchev–Trinajstić information content (AvgIpc) is 2.99. The standard InChI is InChI=1S/C14H24N4O3/c1-3-8-20-11-6-5-7-18(10-11)14(19)15-9-13-16-12(4-2)17-21-13/h11H,3-10H2,1-2H3,(H,15,19). The third-order valence-electron chi connectivity index (χ3n) is 3.44. The van der Waals surface area contributed by atoms with Crippen LogP contribution in [0, 0.1) is 0 Å². The zero-order valence-corrected chi connectivity index (χ0v) is 12.8. The van der Waals surface area contributed by atoms with Crippen LogP contribution in [0.2, 0.25) is 0 Å². The van der Waals surface area contributed by atoms with Crippen LogP contribution in [-0.2, 0) is 17.7 Å². The lowest BCUT2D eigenvalue weighted by molar-refractivity contribution is 0.00995. The average molecular weight is 296 g/mol. The monoisotopic (exact) mass is 296 g/mol. The highest BCUT2D eigenvalue weighted by Crippen LogP contribution is 2.13. The van der Waals surface area contributed by atoms with Crippen LogP contribution in [0.3, 0.4) is 0 Å². The molecule has 1 aliphatic rings. The Balaban J connectivity index is 1.76. The summed E-state index contributed by atoms with van der Waals surface area (Å²) in [6.45, 7) is 6.47. The van der Waals surface area contributed by atoms with E-state index in [-0.39, 0.29) is 18.7 Å². The highest BCUT2D eigenvalue weighted by Gasteiger charge is 2.24. The predicted molar refractivity (Wildman–Crippen MR) is 76.7 cm³/mol. The van der Waals surface area contributed by atoms with Gasteiger partial charge in [0, 0.05) is 26.1 Å². The number of piperidine rings is 1. The van der Waals surface area contributed by atoms with Gasteiger partial charge in [0.05, 0.1) is 12.6 Å². The van der Waals surface area contributed by atoms with Crippen molar-refractivity contribution in [2.24, 2.45) is 0 Å². The Morgan fingerprint density at radius 3 is 3.10 bits per heavy atom. The molecular weight excluding hydrogens is 272 g/mol. The van der Waals surface area contributed by atoms with Crippen LogP contribution in [0.25, 0.3) is 0 Å². The van der Waals surface area contributed by atoms with Gasteiger partial charge in [-0.05, 0) is 19.3 Å². The molecule has 118 valence electrons. The van der Waals surface area contributed by atoms with E-state index < -0.39 is 0 Å². The first-order valence-corrected chi connectivity index (χ1v) is 7.68. The number of nitrogens with zero attached hydrogens (tertiary/aromatic N) is 3. The van der Waals surface area contributed by atoms with Crippen molar-refractivity contribution < 1.29 is 14.1 Å². The number of aromatic nitrogens is 2. The number of ether oxygens (including phenoxy) is 1. The Morgan fingerprint density at radius 2 is 2.38 bits per heavy atom. The summed E-state index contributed by atoms with van der Waals surface area (Å²) in [7, 11) is 0. The molecule has 2 amide bonds. The number of urea groups is 1. The van der Waals surface area contributed by atoms with E-state index in [9.17, 15) is 4.79 Å². The number of hydrogen-bond donors (Lipinski definition) is 1. The van der Waals surface area contributed by atoms with E-state index in [4.69, 9.17) is 9.26 Å². The number of likely N-dealkylation sites (tertiary alicyclic amines) is 1. The van der Waals surface area contributed by atoms with E-state index in [1.807, 2.05) is 6.92 Å². The molecule has 1 unspecified atom stereocenters. The Hall–Kier alpha value is -1.63. The van der Waals surface area contributed by atoms with E-state index in [1.54, 1.807) is 4.90 Å². The number of carbonyl (C=O) groups excluding carboxylic acids is 1. The molecule has 0 bridgehead atoms. The van der Waals surface area contributed by atoms with Crippen LogP contribution >= 0.6 is 0 Å². The first kappa shape index (κ1) is 15.8. The number of carbonyl (C=O) groups is 1. The number of nitrogens with one attached hydrogen (secondary N) is 1. The normalized spacial score (nSPS) is 18.8. The van der Waals surface area contributed by atoms with Crippen LogP contribution in [0.1, 0.15) is 44.8 Å². The summed E-state index contributed by atoms with van der Waals surface area (Å²) < 4.78 is 10.8. The van der Waals surface area contributed by atoms with Crippen LogP contribution in [-0.4, -0.2) is 46.9 Å². The minimum Gasteiger partial charge on any atom is -0.376 e. The maximum atomic E-state index is 12.1. The van der Waals surface area contributed by atoms with Crippen molar-refractivity contribution in [1.29, 1.82) is 0 Å². The van der Waals surface area contributed by atoms with Crippen LogP contribution in [0.4, 0.5) is 4.79 Å². The van der Waals surface area contributed by atoms with E-state index in [0.717, 1.165) is 38.8 Å². The molecule has 1 aliphatic heterocycles. The second-order valence-electron chi connectivity index (χ2n) is 5.20. The molecule has 21 heavy (non-hydrogen) atoms. The van der Waals surface area contributed by atoms with Gasteiger partial charge < -0.3 is 19.5 Å². The summed E-state index contributed by atoms with van der Waals surface area (Å²) in [4.78, 5) is 18.1. The summed E-state index contributed by atoms with van der Waals surface area (Å²) in [5, 5.41) is 6.62. The highest BCUT2D eigenvalue weighted by molar-refractivity contribution is 5.74. The van der Waals surface area contributed by atoms with Gasteiger partial charge in [-0.3, -0.25) is 0 Å². The van der Waals surface area contributed by atoms with Gasteiger partial charge in [0.25, 0.3) is 0 Å². The van der Waals surface area contributed by atoms with E-state index in [0.29, 0.717) is 18.3 Å². The maximum Gasteiger partial charge on any atom is 0.317 e. The molecule has 7 nitrogen and oxygen atoms in total. The largest absolute Gasteiger partial charge is 0.376 e. The molecule has 0 aromatic carbocycles. The molecule has 0 aliphatic carbocycles. The predicted octanol–water partition coefficient (Wildman–Crippen LogP) is 1.73. The van der Waals surface area contributed by atoms with E-state index in [1.165, 1.54) is 0 Å². The topological polar surface area (TPSA) is 80.5 Å². The smallest absolute Gasteiger partial charge is 0.317 e. The Kier molecular flexibility index (Phi) is 5.98. The SMILES string of the molecule is CCCOC1CCCN(C(=O)NCc2nc(CC)no2)C1. The van der Waals surface area contributed by atoms with Crippen molar-refractivity contribution in [3.8, 4) is 0 Å². The highest BCUT2D eigenvalue weighted by atomic mass is 16.5. The Labute approximate surface area is 125 Å². The number of hydrogen-bond acceptors (Lipinski definition) is 5. The van der Waals surface area contributed by atoms with E-state index >= 15 is 0 Å². The first-order chi connectivity index (χ1) is 10.2. The molecule has 1 fully saturated rings. The fraction of sp³-hybridized carbons (Fsp3) is 0.786. The van der Waals surface area contributed by atoms with Gasteiger partial charge in [0.2, 0.25) is 5.89 Å². The molecule has 1 atom stereocenters. The summed E-state index contributed by atoms with van der Waals surface area (Å²) in [5.74, 6) is 1.10. The summed E-state index contributed by atoms with van der Waals surface area (Å²) in [6, 6.07) is -0.101.